The molecule has 3 heteroatoms. The van der Waals surface area contributed by atoms with E-state index in [1.165, 1.54) is 0 Å². The molecule has 0 aromatic heterocycles. The van der Waals surface area contributed by atoms with Crippen LogP contribution >= 0.6 is 0 Å². The van der Waals surface area contributed by atoms with Crippen LogP contribution in [0.5, 0.6) is 0 Å². The van der Waals surface area contributed by atoms with Crippen molar-refractivity contribution in [1.82, 2.24) is 0 Å². The monoisotopic (exact) mass is 396 g/mol. The third-order valence-corrected chi connectivity index (χ3v) is 8.45. The summed E-state index contributed by atoms with van der Waals surface area (Å²) in [5.74, 6) is 0. The third-order valence-electron chi connectivity index (χ3n) is 1.10. The summed E-state index contributed by atoms with van der Waals surface area (Å²) in [6, 6.07) is 0. The van der Waals surface area contributed by atoms with Crippen molar-refractivity contribution in [1.29, 1.82) is 0 Å². The van der Waals surface area contributed by atoms with E-state index in [4.69, 9.17) is 0 Å². The molecule has 0 aromatic rings. The Labute approximate surface area is 97.3 Å². The Morgan fingerprint density at radius 1 is 0.692 bits per heavy atom. The van der Waals surface area contributed by atoms with Crippen molar-refractivity contribution in [3.63, 3.8) is 0 Å². The van der Waals surface area contributed by atoms with Gasteiger partial charge in [0.25, 0.3) is 0 Å². The molecule has 0 saturated carbocycles. The normalized spacial score (nSPS) is 10.3. The summed E-state index contributed by atoms with van der Waals surface area (Å²) >= 11 is -1.10. The van der Waals surface area contributed by atoms with Gasteiger partial charge in [-0.15, -0.1) is 0 Å². The van der Waals surface area contributed by atoms with Gasteiger partial charge >= 0.3 is 97.9 Å². The molecule has 0 radical (unpaired) electrons. The molecule has 0 N–H and O–H groups in total. The molecule has 0 atom stereocenters. The van der Waals surface area contributed by atoms with E-state index in [0.717, 1.165) is 0 Å². The van der Waals surface area contributed by atoms with E-state index >= 15 is 0 Å². The summed E-state index contributed by atoms with van der Waals surface area (Å²) in [5, 5.41) is 0. The Bertz CT molecular complexity index is 242. The molecule has 0 nitrogen and oxygen atoms in total. The maximum absolute atomic E-state index is 3.41. The molecule has 0 heterocycles. The van der Waals surface area contributed by atoms with E-state index in [1.807, 2.05) is 0 Å². The molecule has 0 aliphatic carbocycles. The van der Waals surface area contributed by atoms with Crippen molar-refractivity contribution in [2.75, 3.05) is 0 Å². The van der Waals surface area contributed by atoms with E-state index < -0.39 is 40.7 Å². The quantitative estimate of drug-likeness (QED) is 0.437. The zero-order valence-electron chi connectivity index (χ0n) is 9.71. The fraction of sp³-hybridized carbons (Fsp3) is 0.600. The second-order valence-electron chi connectivity index (χ2n) is 5.28. The van der Waals surface area contributed by atoms with Crippen LogP contribution in [0.15, 0.2) is 0 Å². The molecule has 0 aliphatic rings. The fourth-order valence-electron chi connectivity index (χ4n) is 0.663. The van der Waals surface area contributed by atoms with Crippen molar-refractivity contribution in [2.24, 2.45) is 0 Å². The molecule has 0 aromatic carbocycles. The molecular weight excluding hydrogens is 377 g/mol. The Hall–Kier alpha value is 0.489. The molecular formula is C10H18HgSi2. The Balaban J connectivity index is 4.03. The first-order valence-corrected chi connectivity index (χ1v) is 17.2. The van der Waals surface area contributed by atoms with Crippen LogP contribution in [0.4, 0.5) is 0 Å². The van der Waals surface area contributed by atoms with Crippen molar-refractivity contribution in [3.05, 3.63) is 0 Å². The van der Waals surface area contributed by atoms with Gasteiger partial charge in [0, 0.05) is 0 Å². The number of hydrogen-bond donors (Lipinski definition) is 0. The molecule has 0 unspecified atom stereocenters. The molecule has 0 saturated heterocycles. The van der Waals surface area contributed by atoms with Crippen LogP contribution in [-0.2, 0) is 24.6 Å². The van der Waals surface area contributed by atoms with Gasteiger partial charge in [0.15, 0.2) is 0 Å². The van der Waals surface area contributed by atoms with Gasteiger partial charge in [-0.3, -0.25) is 0 Å². The predicted octanol–water partition coefficient (Wildman–Crippen LogP) is 2.75. The average molecular weight is 395 g/mol. The summed E-state index contributed by atoms with van der Waals surface area (Å²) in [6.45, 7) is 13.7. The molecule has 0 aliphatic heterocycles. The van der Waals surface area contributed by atoms with Gasteiger partial charge in [-0.2, -0.15) is 0 Å². The molecule has 68 valence electrons. The summed E-state index contributed by atoms with van der Waals surface area (Å²) < 4.78 is 6.76. The van der Waals surface area contributed by atoms with Crippen LogP contribution in [0.1, 0.15) is 0 Å². The minimum absolute atomic E-state index is 1.10. The van der Waals surface area contributed by atoms with Gasteiger partial charge in [-0.05, 0) is 0 Å². The van der Waals surface area contributed by atoms with Gasteiger partial charge in [0.05, 0.1) is 0 Å². The van der Waals surface area contributed by atoms with E-state index in [0.29, 0.717) is 0 Å². The Kier molecular flexibility index (Phi) is 5.59. The maximum atomic E-state index is 3.41. The predicted molar refractivity (Wildman–Crippen MR) is 62.2 cm³/mol. The molecule has 0 bridgehead atoms. The van der Waals surface area contributed by atoms with Gasteiger partial charge in [-0.25, -0.2) is 0 Å². The molecule has 0 amide bonds. The van der Waals surface area contributed by atoms with Crippen LogP contribution in [0.3, 0.4) is 0 Å². The van der Waals surface area contributed by atoms with Crippen molar-refractivity contribution < 1.29 is 24.6 Å². The molecule has 0 rings (SSSR count). The first-order valence-electron chi connectivity index (χ1n) is 4.71. The second-order valence-corrected chi connectivity index (χ2v) is 18.9. The van der Waals surface area contributed by atoms with E-state index in [2.05, 4.69) is 57.2 Å². The fourth-order valence-corrected chi connectivity index (χ4v) is 16.7. The van der Waals surface area contributed by atoms with E-state index in [-0.39, 0.29) is 0 Å². The standard InChI is InChI=1S/2C5H9Si.Hg/c2*1-5-6(2,3)4;/h2*2-4H3;. The zero-order chi connectivity index (χ0) is 10.5. The van der Waals surface area contributed by atoms with Crippen molar-refractivity contribution in [3.8, 4) is 17.9 Å². The second kappa shape index (κ2) is 5.39. The van der Waals surface area contributed by atoms with Gasteiger partial charge < -0.3 is 0 Å². The summed E-state index contributed by atoms with van der Waals surface area (Å²) in [5.41, 5.74) is 6.82. The number of rotatable bonds is 0. The van der Waals surface area contributed by atoms with Gasteiger partial charge in [-0.1, -0.05) is 0 Å². The van der Waals surface area contributed by atoms with Gasteiger partial charge in [0.1, 0.15) is 0 Å². The molecule has 0 spiro atoms. The first-order chi connectivity index (χ1) is 5.71. The van der Waals surface area contributed by atoms with E-state index in [1.54, 1.807) is 0 Å². The Morgan fingerprint density at radius 2 is 1.00 bits per heavy atom. The average Bonchev–Trinajstić information content (AvgIpc) is 1.81. The van der Waals surface area contributed by atoms with Crippen molar-refractivity contribution in [2.45, 2.75) is 39.3 Å². The van der Waals surface area contributed by atoms with Gasteiger partial charge in [0.2, 0.25) is 0 Å². The van der Waals surface area contributed by atoms with Crippen LogP contribution in [-0.4, -0.2) is 16.1 Å². The molecule has 13 heavy (non-hydrogen) atoms. The summed E-state index contributed by atoms with van der Waals surface area (Å²) in [7, 11) is -2.23. The zero-order valence-corrected chi connectivity index (χ0v) is 17.2. The van der Waals surface area contributed by atoms with Crippen LogP contribution in [0.2, 0.25) is 39.3 Å². The SMILES string of the molecule is C[Si](C)(C)C#[C][Hg][C]#C[Si](C)(C)C. The molecule has 0 fully saturated rings. The Morgan fingerprint density at radius 3 is 1.23 bits per heavy atom. The van der Waals surface area contributed by atoms with Crippen LogP contribution in [0.25, 0.3) is 0 Å². The van der Waals surface area contributed by atoms with Crippen molar-refractivity contribution >= 4 is 16.1 Å². The van der Waals surface area contributed by atoms with Crippen LogP contribution < -0.4 is 0 Å². The van der Waals surface area contributed by atoms with E-state index in [9.17, 15) is 0 Å². The topological polar surface area (TPSA) is 0 Å². The summed E-state index contributed by atoms with van der Waals surface area (Å²) in [4.78, 5) is 0. The van der Waals surface area contributed by atoms with Crippen LogP contribution in [0, 0.1) is 17.9 Å². The first kappa shape index (κ1) is 13.5. The minimum atomic E-state index is -1.12. The summed E-state index contributed by atoms with van der Waals surface area (Å²) in [6.07, 6.45) is 0. The number of hydrogen-bond acceptors (Lipinski definition) is 0. The third kappa shape index (κ3) is 12.5.